The molecule has 1 aromatic carbocycles. The van der Waals surface area contributed by atoms with Crippen molar-refractivity contribution >= 4 is 29.2 Å². The average Bonchev–Trinajstić information content (AvgIpc) is 2.24. The maximum Gasteiger partial charge on any atom is 0.303 e. The van der Waals surface area contributed by atoms with Crippen molar-refractivity contribution in [1.29, 1.82) is 0 Å². The molecule has 1 aromatic rings. The fourth-order valence-corrected chi connectivity index (χ4v) is 1.99. The van der Waals surface area contributed by atoms with E-state index in [1.165, 1.54) is 6.92 Å². The maximum absolute atomic E-state index is 12.0. The number of nitrogens with one attached hydrogen (secondary N) is 2. The molecule has 0 aliphatic carbocycles. The highest BCUT2D eigenvalue weighted by atomic mass is 16.4. The standard InChI is InChI=1S/C15H20N2O4/c1-10(18)16-11-5-4-6-12(7-11)17-13(19)8-15(2,3)9-14(20)21/h4-7H,8-9H2,1-3H3,(H,16,18)(H,17,19)(H,20,21). The highest BCUT2D eigenvalue weighted by molar-refractivity contribution is 5.93. The Labute approximate surface area is 123 Å². The molecule has 0 saturated heterocycles. The first-order valence-electron chi connectivity index (χ1n) is 6.57. The summed E-state index contributed by atoms with van der Waals surface area (Å²) >= 11 is 0. The van der Waals surface area contributed by atoms with Crippen LogP contribution in [-0.4, -0.2) is 22.9 Å². The molecule has 0 fully saturated rings. The highest BCUT2D eigenvalue weighted by Crippen LogP contribution is 2.26. The Kier molecular flexibility index (Phi) is 5.46. The predicted octanol–water partition coefficient (Wildman–Crippen LogP) is 2.47. The van der Waals surface area contributed by atoms with Crippen LogP contribution in [0.15, 0.2) is 24.3 Å². The molecule has 0 aliphatic heterocycles. The molecule has 0 saturated carbocycles. The molecule has 114 valence electrons. The van der Waals surface area contributed by atoms with Crippen LogP contribution in [-0.2, 0) is 14.4 Å². The van der Waals surface area contributed by atoms with Crippen molar-refractivity contribution in [3.8, 4) is 0 Å². The van der Waals surface area contributed by atoms with E-state index in [1.54, 1.807) is 38.1 Å². The highest BCUT2D eigenvalue weighted by Gasteiger charge is 2.25. The van der Waals surface area contributed by atoms with Crippen LogP contribution in [0.5, 0.6) is 0 Å². The van der Waals surface area contributed by atoms with E-state index in [9.17, 15) is 14.4 Å². The van der Waals surface area contributed by atoms with E-state index in [1.807, 2.05) is 0 Å². The summed E-state index contributed by atoms with van der Waals surface area (Å²) in [5.74, 6) is -1.39. The molecule has 0 spiro atoms. The summed E-state index contributed by atoms with van der Waals surface area (Å²) in [5.41, 5.74) is 0.521. The lowest BCUT2D eigenvalue weighted by molar-refractivity contribution is -0.139. The second-order valence-electron chi connectivity index (χ2n) is 5.72. The quantitative estimate of drug-likeness (QED) is 0.750. The van der Waals surface area contributed by atoms with Gasteiger partial charge in [0.1, 0.15) is 0 Å². The van der Waals surface area contributed by atoms with E-state index in [0.29, 0.717) is 11.4 Å². The number of rotatable bonds is 6. The van der Waals surface area contributed by atoms with Gasteiger partial charge in [0.2, 0.25) is 11.8 Å². The number of hydrogen-bond acceptors (Lipinski definition) is 3. The van der Waals surface area contributed by atoms with Crippen molar-refractivity contribution in [2.45, 2.75) is 33.6 Å². The van der Waals surface area contributed by atoms with Gasteiger partial charge in [-0.1, -0.05) is 19.9 Å². The summed E-state index contributed by atoms with van der Waals surface area (Å²) < 4.78 is 0. The summed E-state index contributed by atoms with van der Waals surface area (Å²) in [4.78, 5) is 33.7. The number of anilines is 2. The normalized spacial score (nSPS) is 10.8. The molecule has 0 aliphatic rings. The summed E-state index contributed by atoms with van der Waals surface area (Å²) in [6.07, 6.45) is 0.0238. The van der Waals surface area contributed by atoms with Crippen LogP contribution in [0, 0.1) is 5.41 Å². The third-order valence-corrected chi connectivity index (χ3v) is 2.74. The van der Waals surface area contributed by atoms with Crippen LogP contribution < -0.4 is 10.6 Å². The van der Waals surface area contributed by atoms with Crippen LogP contribution in [0.4, 0.5) is 11.4 Å². The third-order valence-electron chi connectivity index (χ3n) is 2.74. The van der Waals surface area contributed by atoms with Gasteiger partial charge in [-0.2, -0.15) is 0 Å². The fraction of sp³-hybridized carbons (Fsp3) is 0.400. The Morgan fingerprint density at radius 1 is 1.10 bits per heavy atom. The molecule has 0 atom stereocenters. The van der Waals surface area contributed by atoms with Gasteiger partial charge in [-0.05, 0) is 23.6 Å². The largest absolute Gasteiger partial charge is 0.481 e. The van der Waals surface area contributed by atoms with Crippen molar-refractivity contribution in [1.82, 2.24) is 0 Å². The minimum absolute atomic E-state index is 0.0770. The van der Waals surface area contributed by atoms with Crippen LogP contribution in [0.1, 0.15) is 33.6 Å². The molecule has 1 rings (SSSR count). The molecule has 3 N–H and O–H groups in total. The number of carboxylic acids is 1. The summed E-state index contributed by atoms with van der Waals surface area (Å²) in [6.45, 7) is 4.86. The molecule has 0 unspecified atom stereocenters. The van der Waals surface area contributed by atoms with Gasteiger partial charge in [-0.25, -0.2) is 0 Å². The Hall–Kier alpha value is -2.37. The van der Waals surface area contributed by atoms with Gasteiger partial charge in [0.25, 0.3) is 0 Å². The Balaban J connectivity index is 2.66. The predicted molar refractivity (Wildman–Crippen MR) is 80.0 cm³/mol. The first kappa shape index (κ1) is 16.7. The molecule has 6 nitrogen and oxygen atoms in total. The van der Waals surface area contributed by atoms with Gasteiger partial charge >= 0.3 is 5.97 Å². The van der Waals surface area contributed by atoms with Crippen molar-refractivity contribution in [3.05, 3.63) is 24.3 Å². The maximum atomic E-state index is 12.0. The SMILES string of the molecule is CC(=O)Nc1cccc(NC(=O)CC(C)(C)CC(=O)O)c1. The first-order valence-corrected chi connectivity index (χ1v) is 6.57. The molecule has 2 amide bonds. The number of hydrogen-bond donors (Lipinski definition) is 3. The monoisotopic (exact) mass is 292 g/mol. The second kappa shape index (κ2) is 6.88. The summed E-state index contributed by atoms with van der Waals surface area (Å²) in [6, 6.07) is 6.77. The average molecular weight is 292 g/mol. The van der Waals surface area contributed by atoms with Gasteiger partial charge in [-0.3, -0.25) is 14.4 Å². The molecule has 0 radical (unpaired) electrons. The number of carboxylic acid groups (broad SMARTS) is 1. The lowest BCUT2D eigenvalue weighted by Gasteiger charge is -2.21. The first-order chi connectivity index (χ1) is 9.68. The molecule has 21 heavy (non-hydrogen) atoms. The van der Waals surface area contributed by atoms with Crippen molar-refractivity contribution in [3.63, 3.8) is 0 Å². The van der Waals surface area contributed by atoms with Crippen molar-refractivity contribution in [2.75, 3.05) is 10.6 Å². The zero-order chi connectivity index (χ0) is 16.0. The van der Waals surface area contributed by atoms with Crippen molar-refractivity contribution in [2.24, 2.45) is 5.41 Å². The summed E-state index contributed by atoms with van der Waals surface area (Å²) in [5, 5.41) is 14.1. The van der Waals surface area contributed by atoms with Crippen molar-refractivity contribution < 1.29 is 19.5 Å². The lowest BCUT2D eigenvalue weighted by Crippen LogP contribution is -2.24. The number of benzene rings is 1. The van der Waals surface area contributed by atoms with Gasteiger partial charge < -0.3 is 15.7 Å². The minimum atomic E-state index is -0.930. The minimum Gasteiger partial charge on any atom is -0.481 e. The Morgan fingerprint density at radius 2 is 1.67 bits per heavy atom. The second-order valence-corrected chi connectivity index (χ2v) is 5.72. The van der Waals surface area contributed by atoms with E-state index in [2.05, 4.69) is 10.6 Å². The van der Waals surface area contributed by atoms with E-state index in [0.717, 1.165) is 0 Å². The van der Waals surface area contributed by atoms with E-state index < -0.39 is 11.4 Å². The molecular weight excluding hydrogens is 272 g/mol. The molecule has 0 bridgehead atoms. The topological polar surface area (TPSA) is 95.5 Å². The van der Waals surface area contributed by atoms with Gasteiger partial charge in [-0.15, -0.1) is 0 Å². The fourth-order valence-electron chi connectivity index (χ4n) is 1.99. The van der Waals surface area contributed by atoms with E-state index >= 15 is 0 Å². The Bertz CT molecular complexity index is 552. The van der Waals surface area contributed by atoms with Crippen LogP contribution >= 0.6 is 0 Å². The molecular formula is C15H20N2O4. The third kappa shape index (κ3) is 6.56. The van der Waals surface area contributed by atoms with Crippen LogP contribution in [0.3, 0.4) is 0 Å². The number of carbonyl (C=O) groups is 3. The van der Waals surface area contributed by atoms with Crippen LogP contribution in [0.2, 0.25) is 0 Å². The lowest BCUT2D eigenvalue weighted by atomic mass is 9.85. The molecule has 0 heterocycles. The number of aliphatic carboxylic acids is 1. The van der Waals surface area contributed by atoms with Crippen LogP contribution in [0.25, 0.3) is 0 Å². The zero-order valence-corrected chi connectivity index (χ0v) is 12.4. The molecule has 0 aromatic heterocycles. The van der Waals surface area contributed by atoms with Gasteiger partial charge in [0.05, 0.1) is 6.42 Å². The zero-order valence-electron chi connectivity index (χ0n) is 12.4. The number of carbonyl (C=O) groups excluding carboxylic acids is 2. The van der Waals surface area contributed by atoms with E-state index in [-0.39, 0.29) is 24.7 Å². The van der Waals surface area contributed by atoms with Gasteiger partial charge in [0.15, 0.2) is 0 Å². The molecule has 6 heteroatoms. The smallest absolute Gasteiger partial charge is 0.303 e. The summed E-state index contributed by atoms with van der Waals surface area (Å²) in [7, 11) is 0. The van der Waals surface area contributed by atoms with E-state index in [4.69, 9.17) is 5.11 Å². The Morgan fingerprint density at radius 3 is 2.19 bits per heavy atom. The number of amides is 2. The van der Waals surface area contributed by atoms with Gasteiger partial charge in [0, 0.05) is 24.7 Å².